The van der Waals surface area contributed by atoms with Gasteiger partial charge in [0.1, 0.15) is 0 Å². The molecule has 0 heterocycles. The van der Waals surface area contributed by atoms with Gasteiger partial charge in [-0.3, -0.25) is 4.79 Å². The van der Waals surface area contributed by atoms with Crippen LogP contribution >= 0.6 is 23.2 Å². The van der Waals surface area contributed by atoms with Gasteiger partial charge in [-0.15, -0.1) is 0 Å². The number of likely N-dealkylation sites (N-methyl/N-ethyl adjacent to an activating group) is 1. The van der Waals surface area contributed by atoms with Crippen LogP contribution in [0.1, 0.15) is 6.92 Å². The summed E-state index contributed by atoms with van der Waals surface area (Å²) in [5.74, 6) is -0.00140. The molecule has 1 rings (SSSR count). The number of nitrogens with one attached hydrogen (secondary N) is 1. The smallest absolute Gasteiger partial charge is 0.241 e. The average molecular weight is 261 g/mol. The molecule has 0 aliphatic carbocycles. The van der Waals surface area contributed by atoms with Gasteiger partial charge in [0.05, 0.1) is 22.3 Å². The summed E-state index contributed by atoms with van der Waals surface area (Å²) in [6, 6.07) is 5.21. The summed E-state index contributed by atoms with van der Waals surface area (Å²) in [6.07, 6.45) is 0. The fourth-order valence-corrected chi connectivity index (χ4v) is 1.67. The zero-order valence-electron chi connectivity index (χ0n) is 9.26. The lowest BCUT2D eigenvalue weighted by molar-refractivity contribution is -0.127. The van der Waals surface area contributed by atoms with E-state index in [4.69, 9.17) is 23.2 Å². The van der Waals surface area contributed by atoms with E-state index in [1.165, 1.54) is 0 Å². The van der Waals surface area contributed by atoms with E-state index < -0.39 is 0 Å². The predicted molar refractivity (Wildman–Crippen MR) is 68.3 cm³/mol. The molecule has 1 N–H and O–H groups in total. The Hall–Kier alpha value is -0.930. The van der Waals surface area contributed by atoms with E-state index in [1.54, 1.807) is 30.1 Å². The summed E-state index contributed by atoms with van der Waals surface area (Å²) < 4.78 is 0. The second-order valence-electron chi connectivity index (χ2n) is 3.36. The maximum Gasteiger partial charge on any atom is 0.241 e. The maximum atomic E-state index is 11.5. The highest BCUT2D eigenvalue weighted by atomic mass is 35.5. The SMILES string of the molecule is CCN(C)C(=O)CNc1c(Cl)cccc1Cl. The molecular formula is C11H14Cl2N2O. The molecule has 0 aliphatic rings. The Morgan fingerprint density at radius 2 is 1.94 bits per heavy atom. The number of nitrogens with zero attached hydrogens (tertiary/aromatic N) is 1. The largest absolute Gasteiger partial charge is 0.374 e. The topological polar surface area (TPSA) is 32.3 Å². The molecule has 0 bridgehead atoms. The van der Waals surface area contributed by atoms with Crippen molar-refractivity contribution < 1.29 is 4.79 Å². The summed E-state index contributed by atoms with van der Waals surface area (Å²) in [6.45, 7) is 2.78. The van der Waals surface area contributed by atoms with Crippen molar-refractivity contribution in [2.75, 3.05) is 25.5 Å². The van der Waals surface area contributed by atoms with E-state index in [0.29, 0.717) is 22.3 Å². The number of rotatable bonds is 4. The van der Waals surface area contributed by atoms with Crippen molar-refractivity contribution in [3.05, 3.63) is 28.2 Å². The van der Waals surface area contributed by atoms with Crippen LogP contribution in [0.2, 0.25) is 10.0 Å². The summed E-state index contributed by atoms with van der Waals surface area (Å²) in [5.41, 5.74) is 0.601. The number of hydrogen-bond donors (Lipinski definition) is 1. The van der Waals surface area contributed by atoms with Gasteiger partial charge in [-0.05, 0) is 19.1 Å². The van der Waals surface area contributed by atoms with E-state index >= 15 is 0 Å². The van der Waals surface area contributed by atoms with Crippen molar-refractivity contribution in [1.82, 2.24) is 4.90 Å². The molecule has 1 aromatic rings. The molecule has 16 heavy (non-hydrogen) atoms. The van der Waals surface area contributed by atoms with Crippen LogP contribution < -0.4 is 5.32 Å². The first-order valence-corrected chi connectivity index (χ1v) is 5.73. The summed E-state index contributed by atoms with van der Waals surface area (Å²) in [7, 11) is 1.75. The number of para-hydroxylation sites is 1. The Morgan fingerprint density at radius 3 is 2.44 bits per heavy atom. The molecule has 0 saturated carbocycles. The molecule has 5 heteroatoms. The minimum atomic E-state index is -0.00140. The lowest BCUT2D eigenvalue weighted by atomic mass is 10.3. The highest BCUT2D eigenvalue weighted by molar-refractivity contribution is 6.39. The number of amides is 1. The zero-order valence-corrected chi connectivity index (χ0v) is 10.8. The third kappa shape index (κ3) is 3.29. The van der Waals surface area contributed by atoms with Gasteiger partial charge in [0.15, 0.2) is 0 Å². The van der Waals surface area contributed by atoms with E-state index in [9.17, 15) is 4.79 Å². The molecule has 0 atom stereocenters. The van der Waals surface area contributed by atoms with E-state index in [1.807, 2.05) is 6.92 Å². The molecule has 88 valence electrons. The predicted octanol–water partition coefficient (Wildman–Crippen LogP) is 2.88. The van der Waals surface area contributed by atoms with Crippen molar-refractivity contribution in [1.29, 1.82) is 0 Å². The summed E-state index contributed by atoms with van der Waals surface area (Å²) in [4.78, 5) is 13.2. The van der Waals surface area contributed by atoms with Crippen LogP contribution in [0.15, 0.2) is 18.2 Å². The van der Waals surface area contributed by atoms with E-state index in [-0.39, 0.29) is 12.5 Å². The quantitative estimate of drug-likeness (QED) is 0.903. The zero-order chi connectivity index (χ0) is 12.1. The number of anilines is 1. The normalized spacial score (nSPS) is 10.0. The van der Waals surface area contributed by atoms with Crippen molar-refractivity contribution in [2.24, 2.45) is 0 Å². The highest BCUT2D eigenvalue weighted by Crippen LogP contribution is 2.29. The third-order valence-electron chi connectivity index (χ3n) is 2.28. The van der Waals surface area contributed by atoms with Gasteiger partial charge < -0.3 is 10.2 Å². The van der Waals surface area contributed by atoms with Crippen LogP contribution in [0.25, 0.3) is 0 Å². The fraction of sp³-hybridized carbons (Fsp3) is 0.364. The standard InChI is InChI=1S/C11H14Cl2N2O/c1-3-15(2)10(16)7-14-11-8(12)5-4-6-9(11)13/h4-6,14H,3,7H2,1-2H3. The van der Waals surface area contributed by atoms with E-state index in [2.05, 4.69) is 5.32 Å². The van der Waals surface area contributed by atoms with Crippen molar-refractivity contribution in [3.8, 4) is 0 Å². The second-order valence-corrected chi connectivity index (χ2v) is 4.17. The number of benzene rings is 1. The first kappa shape index (κ1) is 13.1. The minimum Gasteiger partial charge on any atom is -0.374 e. The van der Waals surface area contributed by atoms with Crippen molar-refractivity contribution >= 4 is 34.8 Å². The highest BCUT2D eigenvalue weighted by Gasteiger charge is 2.09. The number of hydrogen-bond acceptors (Lipinski definition) is 2. The van der Waals surface area contributed by atoms with Gasteiger partial charge in [-0.25, -0.2) is 0 Å². The molecule has 0 radical (unpaired) electrons. The van der Waals surface area contributed by atoms with Crippen LogP contribution in [0.3, 0.4) is 0 Å². The van der Waals surface area contributed by atoms with Crippen LogP contribution in [-0.4, -0.2) is 30.9 Å². The molecule has 0 fully saturated rings. The Morgan fingerprint density at radius 1 is 1.38 bits per heavy atom. The number of carbonyl (C=O) groups excluding carboxylic acids is 1. The van der Waals surface area contributed by atoms with Crippen LogP contribution in [0.4, 0.5) is 5.69 Å². The molecule has 0 aliphatic heterocycles. The summed E-state index contributed by atoms with van der Waals surface area (Å²) >= 11 is 11.9. The third-order valence-corrected chi connectivity index (χ3v) is 2.91. The Kier molecular flexibility index (Phi) is 4.90. The molecule has 1 aromatic carbocycles. The van der Waals surface area contributed by atoms with Crippen LogP contribution in [0.5, 0.6) is 0 Å². The van der Waals surface area contributed by atoms with Gasteiger partial charge in [0, 0.05) is 13.6 Å². The van der Waals surface area contributed by atoms with Crippen molar-refractivity contribution in [3.63, 3.8) is 0 Å². The Labute approximate surface area is 105 Å². The number of halogens is 2. The van der Waals surface area contributed by atoms with Gasteiger partial charge in [-0.2, -0.15) is 0 Å². The van der Waals surface area contributed by atoms with Crippen LogP contribution in [0, 0.1) is 0 Å². The first-order chi connectivity index (χ1) is 7.56. The first-order valence-electron chi connectivity index (χ1n) is 4.98. The Bertz CT molecular complexity index is 362. The van der Waals surface area contributed by atoms with Crippen LogP contribution in [-0.2, 0) is 4.79 Å². The second kappa shape index (κ2) is 5.97. The molecule has 0 unspecified atom stereocenters. The maximum absolute atomic E-state index is 11.5. The summed E-state index contributed by atoms with van der Waals surface area (Å²) in [5, 5.41) is 3.97. The monoisotopic (exact) mass is 260 g/mol. The molecule has 0 spiro atoms. The van der Waals surface area contributed by atoms with Gasteiger partial charge >= 0.3 is 0 Å². The van der Waals surface area contributed by atoms with Gasteiger partial charge in [0.2, 0.25) is 5.91 Å². The van der Waals surface area contributed by atoms with Gasteiger partial charge in [-0.1, -0.05) is 29.3 Å². The molecule has 0 saturated heterocycles. The lowest BCUT2D eigenvalue weighted by Crippen LogP contribution is -2.31. The number of carbonyl (C=O) groups is 1. The molecule has 0 aromatic heterocycles. The van der Waals surface area contributed by atoms with E-state index in [0.717, 1.165) is 0 Å². The average Bonchev–Trinajstić information content (AvgIpc) is 2.27. The molecule has 3 nitrogen and oxygen atoms in total. The molecule has 1 amide bonds. The Balaban J connectivity index is 2.65. The molecular weight excluding hydrogens is 247 g/mol. The van der Waals surface area contributed by atoms with Gasteiger partial charge in [0.25, 0.3) is 0 Å². The fourth-order valence-electron chi connectivity index (χ4n) is 1.14. The minimum absolute atomic E-state index is 0.00140. The van der Waals surface area contributed by atoms with Crippen molar-refractivity contribution in [2.45, 2.75) is 6.92 Å². The lowest BCUT2D eigenvalue weighted by Gasteiger charge is -2.16.